The number of para-hydroxylation sites is 2. The number of nitrogens with zero attached hydrogens (tertiary/aromatic N) is 2. The molecule has 0 saturated heterocycles. The van der Waals surface area contributed by atoms with Crippen LogP contribution in [0.1, 0.15) is 38.3 Å². The Labute approximate surface area is 231 Å². The summed E-state index contributed by atoms with van der Waals surface area (Å²) < 4.78 is 34.6. The number of aryl methyl sites for hydroxylation is 1. The van der Waals surface area contributed by atoms with Gasteiger partial charge in [0.05, 0.1) is 17.2 Å². The van der Waals surface area contributed by atoms with Gasteiger partial charge >= 0.3 is 0 Å². The first kappa shape index (κ1) is 29.7. The number of rotatable bonds is 13. The summed E-state index contributed by atoms with van der Waals surface area (Å²) in [5.41, 5.74) is 2.14. The van der Waals surface area contributed by atoms with Crippen molar-refractivity contribution < 1.29 is 22.7 Å². The molecule has 0 fully saturated rings. The third-order valence-electron chi connectivity index (χ3n) is 6.23. The third-order valence-corrected chi connectivity index (χ3v) is 8.01. The van der Waals surface area contributed by atoms with Crippen molar-refractivity contribution in [2.75, 3.05) is 24.0 Å². The molecule has 0 aliphatic rings. The predicted molar refractivity (Wildman–Crippen MR) is 153 cm³/mol. The van der Waals surface area contributed by atoms with Gasteiger partial charge < -0.3 is 15.0 Å². The average molecular weight is 552 g/mol. The standard InChI is InChI=1S/C30H37N3O5S/c1-5-20-31-30(35)24(4)32(21-25-18-16-23(3)17-19-25)29(34)22-33(27-14-10-11-15-28(27)38-6-2)39(36,37)26-12-8-7-9-13-26/h7-19,24H,5-6,20-22H2,1-4H3,(H,31,35). The highest BCUT2D eigenvalue weighted by molar-refractivity contribution is 7.92. The van der Waals surface area contributed by atoms with E-state index in [1.54, 1.807) is 56.3 Å². The van der Waals surface area contributed by atoms with E-state index in [1.165, 1.54) is 17.0 Å². The van der Waals surface area contributed by atoms with E-state index < -0.39 is 28.5 Å². The molecule has 2 amide bonds. The summed E-state index contributed by atoms with van der Waals surface area (Å²) in [4.78, 5) is 28.4. The molecule has 0 aromatic heterocycles. The zero-order chi connectivity index (χ0) is 28.4. The molecule has 39 heavy (non-hydrogen) atoms. The number of hydrogen-bond donors (Lipinski definition) is 1. The van der Waals surface area contributed by atoms with Crippen molar-refractivity contribution in [2.24, 2.45) is 0 Å². The minimum absolute atomic E-state index is 0.0444. The summed E-state index contributed by atoms with van der Waals surface area (Å²) in [6.45, 7) is 7.80. The molecule has 9 heteroatoms. The fourth-order valence-corrected chi connectivity index (χ4v) is 5.49. The molecule has 3 aromatic carbocycles. The first-order chi connectivity index (χ1) is 18.7. The third kappa shape index (κ3) is 7.60. The molecular weight excluding hydrogens is 514 g/mol. The van der Waals surface area contributed by atoms with Crippen LogP contribution in [0.4, 0.5) is 5.69 Å². The lowest BCUT2D eigenvalue weighted by Crippen LogP contribution is -2.51. The Morgan fingerprint density at radius 2 is 1.56 bits per heavy atom. The predicted octanol–water partition coefficient (Wildman–Crippen LogP) is 4.53. The highest BCUT2D eigenvalue weighted by atomic mass is 32.2. The van der Waals surface area contributed by atoms with E-state index in [0.29, 0.717) is 18.9 Å². The highest BCUT2D eigenvalue weighted by Crippen LogP contribution is 2.32. The van der Waals surface area contributed by atoms with Crippen LogP contribution >= 0.6 is 0 Å². The Morgan fingerprint density at radius 1 is 0.923 bits per heavy atom. The van der Waals surface area contributed by atoms with Crippen molar-refractivity contribution in [1.29, 1.82) is 0 Å². The molecule has 0 saturated carbocycles. The Morgan fingerprint density at radius 3 is 2.21 bits per heavy atom. The molecule has 0 bridgehead atoms. The van der Waals surface area contributed by atoms with Crippen molar-refractivity contribution in [2.45, 2.75) is 51.6 Å². The van der Waals surface area contributed by atoms with E-state index in [9.17, 15) is 18.0 Å². The first-order valence-electron chi connectivity index (χ1n) is 13.1. The van der Waals surface area contributed by atoms with Crippen LogP contribution in [0, 0.1) is 6.92 Å². The van der Waals surface area contributed by atoms with Crippen LogP contribution in [0.5, 0.6) is 5.75 Å². The van der Waals surface area contributed by atoms with Gasteiger partial charge in [0.15, 0.2) is 0 Å². The van der Waals surface area contributed by atoms with Crippen LogP contribution in [-0.4, -0.2) is 50.9 Å². The Kier molecular flexibility index (Phi) is 10.5. The fraction of sp³-hybridized carbons (Fsp3) is 0.333. The largest absolute Gasteiger partial charge is 0.492 e. The van der Waals surface area contributed by atoms with Gasteiger partial charge in [0.2, 0.25) is 11.8 Å². The number of ether oxygens (including phenoxy) is 1. The van der Waals surface area contributed by atoms with Gasteiger partial charge in [-0.05, 0) is 57.0 Å². The van der Waals surface area contributed by atoms with Gasteiger partial charge in [0.1, 0.15) is 18.3 Å². The van der Waals surface area contributed by atoms with Crippen LogP contribution < -0.4 is 14.4 Å². The topological polar surface area (TPSA) is 96.0 Å². The molecule has 3 aromatic rings. The number of hydrogen-bond acceptors (Lipinski definition) is 5. The van der Waals surface area contributed by atoms with Gasteiger partial charge in [-0.2, -0.15) is 0 Å². The minimum Gasteiger partial charge on any atom is -0.492 e. The minimum atomic E-state index is -4.16. The van der Waals surface area contributed by atoms with Crippen LogP contribution in [-0.2, 0) is 26.2 Å². The average Bonchev–Trinajstić information content (AvgIpc) is 2.94. The molecular formula is C30H37N3O5S. The van der Waals surface area contributed by atoms with Gasteiger partial charge in [-0.25, -0.2) is 8.42 Å². The fourth-order valence-electron chi connectivity index (χ4n) is 4.04. The number of amides is 2. The molecule has 0 spiro atoms. The maximum absolute atomic E-state index is 14.0. The zero-order valence-electron chi connectivity index (χ0n) is 23.0. The van der Waals surface area contributed by atoms with Crippen molar-refractivity contribution in [3.05, 3.63) is 90.0 Å². The Balaban J connectivity index is 2.05. The second-order valence-corrected chi connectivity index (χ2v) is 11.1. The van der Waals surface area contributed by atoms with Crippen LogP contribution in [0.2, 0.25) is 0 Å². The van der Waals surface area contributed by atoms with Crippen LogP contribution in [0.3, 0.4) is 0 Å². The Hall–Kier alpha value is -3.85. The lowest BCUT2D eigenvalue weighted by molar-refractivity contribution is -0.139. The molecule has 1 N–H and O–H groups in total. The highest BCUT2D eigenvalue weighted by Gasteiger charge is 2.33. The number of carbonyl (C=O) groups excluding carboxylic acids is 2. The number of carbonyl (C=O) groups is 2. The number of anilines is 1. The first-order valence-corrected chi connectivity index (χ1v) is 14.5. The summed E-state index contributed by atoms with van der Waals surface area (Å²) >= 11 is 0. The molecule has 3 rings (SSSR count). The van der Waals surface area contributed by atoms with E-state index >= 15 is 0 Å². The van der Waals surface area contributed by atoms with Gasteiger partial charge in [-0.1, -0.05) is 67.1 Å². The molecule has 1 unspecified atom stereocenters. The van der Waals surface area contributed by atoms with Crippen molar-refractivity contribution >= 4 is 27.5 Å². The van der Waals surface area contributed by atoms with E-state index in [0.717, 1.165) is 21.9 Å². The number of sulfonamides is 1. The quantitative estimate of drug-likeness (QED) is 0.337. The van der Waals surface area contributed by atoms with E-state index in [2.05, 4.69) is 5.32 Å². The van der Waals surface area contributed by atoms with Crippen molar-refractivity contribution in [3.63, 3.8) is 0 Å². The monoisotopic (exact) mass is 551 g/mol. The molecule has 1 atom stereocenters. The maximum atomic E-state index is 14.0. The summed E-state index contributed by atoms with van der Waals surface area (Å²) in [6, 6.07) is 21.5. The molecule has 0 aliphatic carbocycles. The number of nitrogens with one attached hydrogen (secondary N) is 1. The molecule has 208 valence electrons. The van der Waals surface area contributed by atoms with Gasteiger partial charge in [0, 0.05) is 13.1 Å². The lowest BCUT2D eigenvalue weighted by atomic mass is 10.1. The smallest absolute Gasteiger partial charge is 0.264 e. The van der Waals surface area contributed by atoms with Gasteiger partial charge in [0.25, 0.3) is 10.0 Å². The second-order valence-electron chi connectivity index (χ2n) is 9.20. The summed E-state index contributed by atoms with van der Waals surface area (Å²) in [6.07, 6.45) is 0.752. The molecule has 0 radical (unpaired) electrons. The summed E-state index contributed by atoms with van der Waals surface area (Å²) in [5.74, 6) is -0.476. The lowest BCUT2D eigenvalue weighted by Gasteiger charge is -2.32. The summed E-state index contributed by atoms with van der Waals surface area (Å²) in [5, 5.41) is 2.84. The van der Waals surface area contributed by atoms with Gasteiger partial charge in [-0.15, -0.1) is 0 Å². The maximum Gasteiger partial charge on any atom is 0.264 e. The number of benzene rings is 3. The zero-order valence-corrected chi connectivity index (χ0v) is 23.8. The molecule has 8 nitrogen and oxygen atoms in total. The molecule has 0 aliphatic heterocycles. The second kappa shape index (κ2) is 13.8. The van der Waals surface area contributed by atoms with E-state index in [-0.39, 0.29) is 23.0 Å². The Bertz CT molecular complexity index is 1340. The summed E-state index contributed by atoms with van der Waals surface area (Å²) in [7, 11) is -4.16. The van der Waals surface area contributed by atoms with Gasteiger partial charge in [-0.3, -0.25) is 13.9 Å². The van der Waals surface area contributed by atoms with E-state index in [1.807, 2.05) is 38.1 Å². The molecule has 0 heterocycles. The van der Waals surface area contributed by atoms with E-state index in [4.69, 9.17) is 4.74 Å². The van der Waals surface area contributed by atoms with Crippen LogP contribution in [0.15, 0.2) is 83.8 Å². The SMILES string of the molecule is CCCNC(=O)C(C)N(Cc1ccc(C)cc1)C(=O)CN(c1ccccc1OCC)S(=O)(=O)c1ccccc1. The van der Waals surface area contributed by atoms with Crippen molar-refractivity contribution in [3.8, 4) is 5.75 Å². The van der Waals surface area contributed by atoms with Crippen molar-refractivity contribution in [1.82, 2.24) is 10.2 Å². The van der Waals surface area contributed by atoms with Crippen LogP contribution in [0.25, 0.3) is 0 Å². The normalized spacial score (nSPS) is 11.9.